The SMILES string of the molecule is C=CCN1C2CCCC1CN(C(c1ccc(C(=O)N3CCCC3)cc1)c1cccc(OC)c1)CC2. The molecule has 3 unspecified atom stereocenters. The number of hydrogen-bond acceptors (Lipinski definition) is 4. The summed E-state index contributed by atoms with van der Waals surface area (Å²) in [4.78, 5) is 20.3. The smallest absolute Gasteiger partial charge is 0.253 e. The molecule has 2 aromatic rings. The van der Waals surface area contributed by atoms with E-state index >= 15 is 0 Å². The third-order valence-electron chi connectivity index (χ3n) is 8.19. The summed E-state index contributed by atoms with van der Waals surface area (Å²) in [5.74, 6) is 1.05. The van der Waals surface area contributed by atoms with Crippen molar-refractivity contribution < 1.29 is 9.53 Å². The Morgan fingerprint density at radius 1 is 1.00 bits per heavy atom. The van der Waals surface area contributed by atoms with E-state index in [0.29, 0.717) is 12.1 Å². The molecule has 5 heteroatoms. The number of nitrogens with zero attached hydrogens (tertiary/aromatic N) is 3. The molecule has 3 heterocycles. The zero-order valence-electron chi connectivity index (χ0n) is 21.1. The Kier molecular flexibility index (Phi) is 7.54. The van der Waals surface area contributed by atoms with Crippen LogP contribution in [0.2, 0.25) is 0 Å². The first-order chi connectivity index (χ1) is 17.2. The van der Waals surface area contributed by atoms with Crippen molar-refractivity contribution in [3.8, 4) is 5.75 Å². The van der Waals surface area contributed by atoms with E-state index in [4.69, 9.17) is 4.74 Å². The molecule has 3 saturated heterocycles. The molecule has 3 aliphatic rings. The first-order valence-corrected chi connectivity index (χ1v) is 13.3. The van der Waals surface area contributed by atoms with E-state index in [1.165, 1.54) is 36.8 Å². The van der Waals surface area contributed by atoms with Gasteiger partial charge in [-0.05, 0) is 67.5 Å². The van der Waals surface area contributed by atoms with Gasteiger partial charge in [0.2, 0.25) is 0 Å². The van der Waals surface area contributed by atoms with Crippen LogP contribution < -0.4 is 4.74 Å². The Labute approximate surface area is 210 Å². The number of amides is 1. The lowest BCUT2D eigenvalue weighted by atomic mass is 9.94. The fourth-order valence-corrected chi connectivity index (χ4v) is 6.42. The van der Waals surface area contributed by atoms with E-state index < -0.39 is 0 Å². The summed E-state index contributed by atoms with van der Waals surface area (Å²) >= 11 is 0. The quantitative estimate of drug-likeness (QED) is 0.522. The van der Waals surface area contributed by atoms with Crippen LogP contribution >= 0.6 is 0 Å². The van der Waals surface area contributed by atoms with E-state index in [9.17, 15) is 4.79 Å². The van der Waals surface area contributed by atoms with Crippen molar-refractivity contribution in [3.63, 3.8) is 0 Å². The van der Waals surface area contributed by atoms with Gasteiger partial charge < -0.3 is 9.64 Å². The predicted molar refractivity (Wildman–Crippen MR) is 141 cm³/mol. The number of carbonyl (C=O) groups is 1. The molecule has 3 atom stereocenters. The molecule has 3 aliphatic heterocycles. The highest BCUT2D eigenvalue weighted by Crippen LogP contribution is 2.36. The molecule has 0 aromatic heterocycles. The van der Waals surface area contributed by atoms with Crippen LogP contribution in [-0.4, -0.2) is 72.5 Å². The van der Waals surface area contributed by atoms with Crippen molar-refractivity contribution in [2.24, 2.45) is 0 Å². The maximum absolute atomic E-state index is 12.9. The van der Waals surface area contributed by atoms with Gasteiger partial charge in [0.1, 0.15) is 5.75 Å². The third-order valence-corrected chi connectivity index (χ3v) is 8.19. The number of likely N-dealkylation sites (tertiary alicyclic amines) is 1. The first-order valence-electron chi connectivity index (χ1n) is 13.3. The van der Waals surface area contributed by atoms with E-state index in [1.54, 1.807) is 7.11 Å². The van der Waals surface area contributed by atoms with Crippen LogP contribution in [0.15, 0.2) is 61.2 Å². The van der Waals surface area contributed by atoms with Crippen LogP contribution in [0.1, 0.15) is 66.1 Å². The Bertz CT molecular complexity index is 1010. The van der Waals surface area contributed by atoms with Crippen LogP contribution in [-0.2, 0) is 0 Å². The molecule has 0 spiro atoms. The molecule has 0 aliphatic carbocycles. The molecule has 0 saturated carbocycles. The Balaban J connectivity index is 1.46. The Hall–Kier alpha value is -2.63. The average molecular weight is 474 g/mol. The lowest BCUT2D eigenvalue weighted by molar-refractivity contribution is 0.0792. The van der Waals surface area contributed by atoms with Gasteiger partial charge in [0.25, 0.3) is 5.91 Å². The molecular formula is C30H39N3O2. The average Bonchev–Trinajstić information content (AvgIpc) is 3.41. The Morgan fingerprint density at radius 3 is 2.51 bits per heavy atom. The second-order valence-corrected chi connectivity index (χ2v) is 10.3. The van der Waals surface area contributed by atoms with E-state index in [2.05, 4.69) is 52.8 Å². The lowest BCUT2D eigenvalue weighted by Gasteiger charge is -2.41. The van der Waals surface area contributed by atoms with Crippen LogP contribution in [0.3, 0.4) is 0 Å². The van der Waals surface area contributed by atoms with E-state index in [1.807, 2.05) is 23.1 Å². The minimum Gasteiger partial charge on any atom is -0.497 e. The maximum atomic E-state index is 12.9. The molecule has 2 bridgehead atoms. The van der Waals surface area contributed by atoms with Crippen molar-refractivity contribution >= 4 is 5.91 Å². The van der Waals surface area contributed by atoms with Gasteiger partial charge in [-0.1, -0.05) is 36.8 Å². The molecule has 5 nitrogen and oxygen atoms in total. The summed E-state index contributed by atoms with van der Waals surface area (Å²) in [5.41, 5.74) is 3.28. The highest BCUT2D eigenvalue weighted by atomic mass is 16.5. The second kappa shape index (κ2) is 11.0. The highest BCUT2D eigenvalue weighted by molar-refractivity contribution is 5.94. The number of hydrogen-bond donors (Lipinski definition) is 0. The molecule has 0 N–H and O–H groups in total. The molecular weight excluding hydrogens is 434 g/mol. The van der Waals surface area contributed by atoms with Gasteiger partial charge in [-0.3, -0.25) is 14.6 Å². The van der Waals surface area contributed by atoms with Crippen molar-refractivity contribution in [2.45, 2.75) is 56.7 Å². The second-order valence-electron chi connectivity index (χ2n) is 10.3. The minimum absolute atomic E-state index is 0.131. The summed E-state index contributed by atoms with van der Waals surface area (Å²) in [7, 11) is 1.73. The largest absolute Gasteiger partial charge is 0.497 e. The Morgan fingerprint density at radius 2 is 1.77 bits per heavy atom. The number of carbonyl (C=O) groups excluding carboxylic acids is 1. The number of rotatable bonds is 7. The van der Waals surface area contributed by atoms with Gasteiger partial charge in [0.15, 0.2) is 0 Å². The van der Waals surface area contributed by atoms with Gasteiger partial charge in [-0.2, -0.15) is 0 Å². The maximum Gasteiger partial charge on any atom is 0.253 e. The summed E-state index contributed by atoms with van der Waals surface area (Å²) in [6.07, 6.45) is 9.31. The fourth-order valence-electron chi connectivity index (χ4n) is 6.42. The lowest BCUT2D eigenvalue weighted by Crippen LogP contribution is -2.48. The van der Waals surface area contributed by atoms with Crippen LogP contribution in [0.5, 0.6) is 5.75 Å². The molecule has 5 rings (SSSR count). The number of ether oxygens (including phenoxy) is 1. The fraction of sp³-hybridized carbons (Fsp3) is 0.500. The van der Waals surface area contributed by atoms with Crippen molar-refractivity contribution in [3.05, 3.63) is 77.9 Å². The van der Waals surface area contributed by atoms with Crippen LogP contribution in [0.25, 0.3) is 0 Å². The minimum atomic E-state index is 0.131. The summed E-state index contributed by atoms with van der Waals surface area (Å²) in [6.45, 7) is 8.87. The normalized spacial score (nSPS) is 24.1. The van der Waals surface area contributed by atoms with Gasteiger partial charge in [0.05, 0.1) is 13.2 Å². The van der Waals surface area contributed by atoms with E-state index in [0.717, 1.165) is 56.9 Å². The third kappa shape index (κ3) is 5.17. The highest BCUT2D eigenvalue weighted by Gasteiger charge is 2.36. The van der Waals surface area contributed by atoms with Crippen molar-refractivity contribution in [1.82, 2.24) is 14.7 Å². The summed E-state index contributed by atoms with van der Waals surface area (Å²) < 4.78 is 5.59. The molecule has 0 radical (unpaired) electrons. The monoisotopic (exact) mass is 473 g/mol. The predicted octanol–water partition coefficient (Wildman–Crippen LogP) is 5.14. The van der Waals surface area contributed by atoms with Crippen LogP contribution in [0, 0.1) is 0 Å². The van der Waals surface area contributed by atoms with Gasteiger partial charge in [0, 0.05) is 50.4 Å². The molecule has 35 heavy (non-hydrogen) atoms. The first kappa shape index (κ1) is 24.1. The van der Waals surface area contributed by atoms with E-state index in [-0.39, 0.29) is 11.9 Å². The number of methoxy groups -OCH3 is 1. The summed E-state index contributed by atoms with van der Waals surface area (Å²) in [6, 6.07) is 18.2. The zero-order chi connectivity index (χ0) is 24.2. The number of fused-ring (bicyclic) bond motifs is 2. The zero-order valence-corrected chi connectivity index (χ0v) is 21.1. The standard InChI is InChI=1S/C30H39N3O2/c1-3-17-33-26-9-7-10-27(33)22-32(20-16-26)29(25-8-6-11-28(21-25)35-2)23-12-14-24(15-13-23)30(34)31-18-4-5-19-31/h3,6,8,11-15,21,26-27,29H,1,4-5,7,9-10,16-20,22H2,2H3. The molecule has 3 fully saturated rings. The molecule has 1 amide bonds. The number of piperidine rings is 1. The van der Waals surface area contributed by atoms with Gasteiger partial charge in [-0.25, -0.2) is 0 Å². The van der Waals surface area contributed by atoms with Crippen LogP contribution in [0.4, 0.5) is 0 Å². The summed E-state index contributed by atoms with van der Waals surface area (Å²) in [5, 5.41) is 0. The number of benzene rings is 2. The topological polar surface area (TPSA) is 36.0 Å². The van der Waals surface area contributed by atoms with Crippen molar-refractivity contribution in [1.29, 1.82) is 0 Å². The molecule has 186 valence electrons. The van der Waals surface area contributed by atoms with Gasteiger partial charge in [-0.15, -0.1) is 6.58 Å². The molecule has 2 aromatic carbocycles. The van der Waals surface area contributed by atoms with Gasteiger partial charge >= 0.3 is 0 Å². The van der Waals surface area contributed by atoms with Crippen molar-refractivity contribution in [2.75, 3.05) is 39.8 Å².